The molecule has 0 radical (unpaired) electrons. The second kappa shape index (κ2) is 5.98. The van der Waals surface area contributed by atoms with E-state index in [4.69, 9.17) is 5.73 Å². The Bertz CT molecular complexity index is 542. The molecular formula is C13H16F3N3O3. The van der Waals surface area contributed by atoms with Crippen molar-refractivity contribution in [3.63, 3.8) is 0 Å². The van der Waals surface area contributed by atoms with Crippen molar-refractivity contribution in [2.24, 2.45) is 11.7 Å². The first-order chi connectivity index (χ1) is 10.2. The monoisotopic (exact) mass is 319 g/mol. The van der Waals surface area contributed by atoms with Crippen molar-refractivity contribution >= 4 is 17.8 Å². The average Bonchev–Trinajstić information content (AvgIpc) is 2.50. The minimum absolute atomic E-state index is 0.108. The molecule has 0 saturated carbocycles. The van der Waals surface area contributed by atoms with Crippen LogP contribution in [0.15, 0.2) is 11.3 Å². The highest BCUT2D eigenvalue weighted by Gasteiger charge is 2.38. The lowest BCUT2D eigenvalue weighted by atomic mass is 9.84. The van der Waals surface area contributed by atoms with E-state index in [1.807, 2.05) is 0 Å². The van der Waals surface area contributed by atoms with Crippen molar-refractivity contribution in [2.45, 2.75) is 38.3 Å². The fourth-order valence-electron chi connectivity index (χ4n) is 2.77. The van der Waals surface area contributed by atoms with E-state index in [1.54, 1.807) is 0 Å². The number of allylic oxidation sites excluding steroid dienone is 1. The number of carbonyl (C=O) groups is 3. The Kier molecular flexibility index (Phi) is 4.43. The Balaban J connectivity index is 2.24. The third-order valence-corrected chi connectivity index (χ3v) is 3.84. The van der Waals surface area contributed by atoms with Gasteiger partial charge in [-0.15, -0.1) is 0 Å². The van der Waals surface area contributed by atoms with Crippen molar-refractivity contribution in [1.29, 1.82) is 0 Å². The number of nitrogens with zero attached hydrogens (tertiary/aromatic N) is 1. The molecule has 1 aliphatic heterocycles. The summed E-state index contributed by atoms with van der Waals surface area (Å²) in [5.41, 5.74) is 5.79. The number of fused-ring (bicyclic) bond motifs is 1. The van der Waals surface area contributed by atoms with Gasteiger partial charge in [0.1, 0.15) is 0 Å². The number of rotatable bonds is 3. The summed E-state index contributed by atoms with van der Waals surface area (Å²) in [6, 6.07) is -0.938. The van der Waals surface area contributed by atoms with E-state index in [0.29, 0.717) is 24.2 Å². The summed E-state index contributed by atoms with van der Waals surface area (Å²) in [6.07, 6.45) is -4.24. The first kappa shape index (κ1) is 16.3. The maximum Gasteiger partial charge on any atom is 0.390 e. The van der Waals surface area contributed by atoms with E-state index in [-0.39, 0.29) is 23.6 Å². The van der Waals surface area contributed by atoms with Crippen LogP contribution in [0.2, 0.25) is 0 Å². The summed E-state index contributed by atoms with van der Waals surface area (Å²) in [5, 5.41) is 2.41. The quantitative estimate of drug-likeness (QED) is 0.824. The summed E-state index contributed by atoms with van der Waals surface area (Å²) in [6.45, 7) is -0.736. The van der Waals surface area contributed by atoms with Gasteiger partial charge in [0.2, 0.25) is 11.8 Å². The molecule has 1 aliphatic carbocycles. The van der Waals surface area contributed by atoms with Crippen molar-refractivity contribution in [3.05, 3.63) is 11.3 Å². The minimum Gasteiger partial charge on any atom is -0.366 e. The first-order valence-electron chi connectivity index (χ1n) is 6.90. The number of hydrogen-bond acceptors (Lipinski definition) is 3. The third kappa shape index (κ3) is 3.58. The van der Waals surface area contributed by atoms with Gasteiger partial charge in [0.05, 0.1) is 6.42 Å². The number of urea groups is 1. The van der Waals surface area contributed by atoms with E-state index in [0.717, 1.165) is 0 Å². The molecule has 22 heavy (non-hydrogen) atoms. The second-order valence-corrected chi connectivity index (χ2v) is 5.39. The highest BCUT2D eigenvalue weighted by molar-refractivity contribution is 5.99. The number of halogens is 3. The first-order valence-corrected chi connectivity index (χ1v) is 6.90. The Morgan fingerprint density at radius 1 is 1.36 bits per heavy atom. The van der Waals surface area contributed by atoms with Gasteiger partial charge >= 0.3 is 12.2 Å². The standard InChI is InChI=1S/C13H16F3N3O3/c14-13(15,16)4-5-19-9(20)6-7-2-1-3-8(11(17)21)10(7)18-12(19)22/h7H,1-6H2,(H2,17,21)(H,18,22). The maximum atomic E-state index is 12.3. The summed E-state index contributed by atoms with van der Waals surface area (Å²) in [4.78, 5) is 36.0. The van der Waals surface area contributed by atoms with Gasteiger partial charge in [0, 0.05) is 30.2 Å². The summed E-state index contributed by atoms with van der Waals surface area (Å²) in [5.74, 6) is -1.74. The van der Waals surface area contributed by atoms with Gasteiger partial charge in [-0.2, -0.15) is 13.2 Å². The predicted octanol–water partition coefficient (Wildman–Crippen LogP) is 1.42. The number of imide groups is 1. The van der Waals surface area contributed by atoms with Gasteiger partial charge in [0.15, 0.2) is 0 Å². The van der Waals surface area contributed by atoms with Crippen molar-refractivity contribution in [3.8, 4) is 0 Å². The van der Waals surface area contributed by atoms with E-state index in [9.17, 15) is 27.6 Å². The molecule has 6 nitrogen and oxygen atoms in total. The van der Waals surface area contributed by atoms with Crippen LogP contribution in [0, 0.1) is 5.92 Å². The molecule has 1 atom stereocenters. The van der Waals surface area contributed by atoms with E-state index >= 15 is 0 Å². The zero-order chi connectivity index (χ0) is 16.5. The molecule has 3 N–H and O–H groups in total. The molecule has 0 aromatic heterocycles. The Morgan fingerprint density at radius 2 is 2.05 bits per heavy atom. The van der Waals surface area contributed by atoms with Crippen LogP contribution in [0.1, 0.15) is 32.1 Å². The zero-order valence-corrected chi connectivity index (χ0v) is 11.7. The fraction of sp³-hybridized carbons (Fsp3) is 0.615. The SMILES string of the molecule is NC(=O)C1=C2NC(=O)N(CCC(F)(F)F)C(=O)CC2CCC1. The lowest BCUT2D eigenvalue weighted by Crippen LogP contribution is -2.43. The molecule has 1 saturated heterocycles. The predicted molar refractivity (Wildman–Crippen MR) is 69.1 cm³/mol. The van der Waals surface area contributed by atoms with Crippen LogP contribution in [-0.4, -0.2) is 35.5 Å². The van der Waals surface area contributed by atoms with E-state index < -0.39 is 37.0 Å². The summed E-state index contributed by atoms with van der Waals surface area (Å²) < 4.78 is 36.9. The Hall–Kier alpha value is -2.06. The smallest absolute Gasteiger partial charge is 0.366 e. The summed E-state index contributed by atoms with van der Waals surface area (Å²) in [7, 11) is 0. The second-order valence-electron chi connectivity index (χ2n) is 5.39. The minimum atomic E-state index is -4.46. The molecule has 4 amide bonds. The van der Waals surface area contributed by atoms with Crippen molar-refractivity contribution in [2.75, 3.05) is 6.54 Å². The topological polar surface area (TPSA) is 92.5 Å². The van der Waals surface area contributed by atoms with Gasteiger partial charge in [-0.3, -0.25) is 14.5 Å². The van der Waals surface area contributed by atoms with Gasteiger partial charge in [-0.25, -0.2) is 4.79 Å². The lowest BCUT2D eigenvalue weighted by molar-refractivity contribution is -0.142. The Morgan fingerprint density at radius 3 is 2.64 bits per heavy atom. The van der Waals surface area contributed by atoms with Crippen molar-refractivity contribution in [1.82, 2.24) is 10.2 Å². The number of alkyl halides is 3. The van der Waals surface area contributed by atoms with Crippen LogP contribution in [0.25, 0.3) is 0 Å². The van der Waals surface area contributed by atoms with Gasteiger partial charge in [-0.1, -0.05) is 0 Å². The number of hydrogen-bond donors (Lipinski definition) is 2. The molecule has 2 aliphatic rings. The lowest BCUT2D eigenvalue weighted by Gasteiger charge is -2.24. The largest absolute Gasteiger partial charge is 0.390 e. The number of nitrogens with one attached hydrogen (secondary N) is 1. The molecule has 0 bridgehead atoms. The van der Waals surface area contributed by atoms with Gasteiger partial charge in [0.25, 0.3) is 0 Å². The Labute approximate surface area is 124 Å². The number of nitrogens with two attached hydrogens (primary N) is 1. The molecule has 0 aromatic rings. The fourth-order valence-corrected chi connectivity index (χ4v) is 2.77. The number of amides is 4. The number of primary amides is 1. The van der Waals surface area contributed by atoms with Crippen molar-refractivity contribution < 1.29 is 27.6 Å². The summed E-state index contributed by atoms with van der Waals surface area (Å²) >= 11 is 0. The highest BCUT2D eigenvalue weighted by Crippen LogP contribution is 2.33. The molecule has 0 spiro atoms. The van der Waals surface area contributed by atoms with Gasteiger partial charge in [-0.05, 0) is 19.3 Å². The molecule has 2 rings (SSSR count). The van der Waals surface area contributed by atoms with Gasteiger partial charge < -0.3 is 11.1 Å². The van der Waals surface area contributed by atoms with Crippen LogP contribution >= 0.6 is 0 Å². The van der Waals surface area contributed by atoms with Crippen LogP contribution in [0.3, 0.4) is 0 Å². The molecule has 122 valence electrons. The molecule has 1 fully saturated rings. The highest BCUT2D eigenvalue weighted by atomic mass is 19.4. The zero-order valence-electron chi connectivity index (χ0n) is 11.7. The molecular weight excluding hydrogens is 303 g/mol. The normalized spacial score (nSPS) is 23.0. The molecule has 1 heterocycles. The van der Waals surface area contributed by atoms with Crippen LogP contribution < -0.4 is 11.1 Å². The average molecular weight is 319 g/mol. The molecule has 0 aromatic carbocycles. The molecule has 1 unspecified atom stereocenters. The van der Waals surface area contributed by atoms with Crippen LogP contribution in [0.4, 0.5) is 18.0 Å². The third-order valence-electron chi connectivity index (χ3n) is 3.84. The van der Waals surface area contributed by atoms with E-state index in [1.165, 1.54) is 0 Å². The maximum absolute atomic E-state index is 12.3. The molecule has 9 heteroatoms. The number of carbonyl (C=O) groups excluding carboxylic acids is 3. The van der Waals surface area contributed by atoms with Crippen LogP contribution in [0.5, 0.6) is 0 Å². The van der Waals surface area contributed by atoms with Crippen LogP contribution in [-0.2, 0) is 9.59 Å². The van der Waals surface area contributed by atoms with E-state index in [2.05, 4.69) is 5.32 Å².